The van der Waals surface area contributed by atoms with Crippen LogP contribution in [0, 0.1) is 0 Å². The summed E-state index contributed by atoms with van der Waals surface area (Å²) in [6, 6.07) is 12.9. The Bertz CT molecular complexity index is 633. The average molecular weight is 301 g/mol. The molecule has 1 aromatic carbocycles. The van der Waals surface area contributed by atoms with Crippen molar-refractivity contribution in [3.63, 3.8) is 0 Å². The van der Waals surface area contributed by atoms with Crippen LogP contribution < -0.4 is 5.32 Å². The Hall–Kier alpha value is -2.56. The highest BCUT2D eigenvalue weighted by Crippen LogP contribution is 2.22. The van der Waals surface area contributed by atoms with Crippen molar-refractivity contribution in [2.45, 2.75) is 32.2 Å². The molecule has 1 unspecified atom stereocenters. The molecule has 0 aliphatic rings. The molecule has 1 heterocycles. The van der Waals surface area contributed by atoms with Crippen LogP contribution in [0.5, 0.6) is 0 Å². The first-order chi connectivity index (χ1) is 10.6. The lowest BCUT2D eigenvalue weighted by atomic mass is 9.93. The molecule has 2 aromatic rings. The molecule has 0 radical (unpaired) electrons. The van der Waals surface area contributed by atoms with E-state index in [1.165, 1.54) is 6.07 Å². The maximum absolute atomic E-state index is 12.0. The van der Waals surface area contributed by atoms with E-state index >= 15 is 0 Å². The Balaban J connectivity index is 1.87. The van der Waals surface area contributed by atoms with Crippen LogP contribution >= 0.6 is 0 Å². The van der Waals surface area contributed by atoms with Gasteiger partial charge < -0.3 is 14.8 Å². The van der Waals surface area contributed by atoms with Gasteiger partial charge in [0.05, 0.1) is 6.54 Å². The summed E-state index contributed by atoms with van der Waals surface area (Å²) >= 11 is 0. The standard InChI is InChI=1S/C17H19NO4/c1-2-12(13-6-4-3-5-7-13)10-16(19)18-11-14-8-9-15(22-14)17(20)21/h3-9,12H,2,10-11H2,1H3,(H,18,19)(H,20,21). The van der Waals surface area contributed by atoms with E-state index in [0.29, 0.717) is 12.2 Å². The number of amides is 1. The molecule has 2 rings (SSSR count). The summed E-state index contributed by atoms with van der Waals surface area (Å²) in [7, 11) is 0. The number of nitrogens with one attached hydrogen (secondary N) is 1. The Kier molecular flexibility index (Phi) is 5.36. The third kappa shape index (κ3) is 4.22. The first kappa shape index (κ1) is 15.8. The predicted octanol–water partition coefficient (Wildman–Crippen LogP) is 3.18. The molecule has 1 atom stereocenters. The van der Waals surface area contributed by atoms with Gasteiger partial charge in [-0.25, -0.2) is 4.79 Å². The van der Waals surface area contributed by atoms with E-state index in [1.54, 1.807) is 6.07 Å². The zero-order valence-electron chi connectivity index (χ0n) is 12.4. The fourth-order valence-corrected chi connectivity index (χ4v) is 2.29. The molecule has 0 saturated carbocycles. The second-order valence-corrected chi connectivity index (χ2v) is 5.07. The number of hydrogen-bond acceptors (Lipinski definition) is 3. The van der Waals surface area contributed by atoms with E-state index in [9.17, 15) is 9.59 Å². The molecule has 0 aliphatic heterocycles. The van der Waals surface area contributed by atoms with E-state index in [0.717, 1.165) is 12.0 Å². The molecule has 0 bridgehead atoms. The number of furan rings is 1. The zero-order chi connectivity index (χ0) is 15.9. The molecule has 0 fully saturated rings. The number of carbonyl (C=O) groups excluding carboxylic acids is 1. The highest BCUT2D eigenvalue weighted by atomic mass is 16.4. The largest absolute Gasteiger partial charge is 0.475 e. The summed E-state index contributed by atoms with van der Waals surface area (Å²) in [5, 5.41) is 11.5. The molecule has 1 aromatic heterocycles. The van der Waals surface area contributed by atoms with Gasteiger partial charge in [-0.05, 0) is 30.0 Å². The molecule has 2 N–H and O–H groups in total. The monoisotopic (exact) mass is 301 g/mol. The molecule has 0 spiro atoms. The number of carboxylic acid groups (broad SMARTS) is 1. The molecule has 5 nitrogen and oxygen atoms in total. The topological polar surface area (TPSA) is 79.5 Å². The highest BCUT2D eigenvalue weighted by molar-refractivity contribution is 5.84. The van der Waals surface area contributed by atoms with Crippen molar-refractivity contribution in [3.05, 3.63) is 59.5 Å². The van der Waals surface area contributed by atoms with Crippen molar-refractivity contribution < 1.29 is 19.1 Å². The maximum Gasteiger partial charge on any atom is 0.371 e. The fourth-order valence-electron chi connectivity index (χ4n) is 2.29. The van der Waals surface area contributed by atoms with Crippen LogP contribution in [0.4, 0.5) is 0 Å². The molecular formula is C17H19NO4. The van der Waals surface area contributed by atoms with Crippen LogP contribution in [0.1, 0.15) is 47.6 Å². The van der Waals surface area contributed by atoms with Crippen LogP contribution in [0.25, 0.3) is 0 Å². The molecule has 5 heteroatoms. The minimum atomic E-state index is -1.12. The van der Waals surface area contributed by atoms with Gasteiger partial charge in [-0.15, -0.1) is 0 Å². The Labute approximate surface area is 129 Å². The summed E-state index contributed by atoms with van der Waals surface area (Å²) < 4.78 is 5.10. The lowest BCUT2D eigenvalue weighted by Crippen LogP contribution is -2.24. The van der Waals surface area contributed by atoms with Crippen molar-refractivity contribution >= 4 is 11.9 Å². The number of carbonyl (C=O) groups is 2. The normalized spacial score (nSPS) is 11.9. The van der Waals surface area contributed by atoms with Gasteiger partial charge in [-0.3, -0.25) is 4.79 Å². The van der Waals surface area contributed by atoms with E-state index < -0.39 is 5.97 Å². The van der Waals surface area contributed by atoms with Crippen LogP contribution in [0.2, 0.25) is 0 Å². The van der Waals surface area contributed by atoms with Gasteiger partial charge in [0.2, 0.25) is 11.7 Å². The number of benzene rings is 1. The summed E-state index contributed by atoms with van der Waals surface area (Å²) in [6.45, 7) is 2.24. The first-order valence-corrected chi connectivity index (χ1v) is 7.23. The predicted molar refractivity (Wildman–Crippen MR) is 81.6 cm³/mol. The Morgan fingerprint density at radius 3 is 2.50 bits per heavy atom. The fraction of sp³-hybridized carbons (Fsp3) is 0.294. The van der Waals surface area contributed by atoms with Crippen molar-refractivity contribution in [2.75, 3.05) is 0 Å². The van der Waals surface area contributed by atoms with Gasteiger partial charge in [0.1, 0.15) is 5.76 Å². The second-order valence-electron chi connectivity index (χ2n) is 5.07. The van der Waals surface area contributed by atoms with Crippen LogP contribution in [0.15, 0.2) is 46.9 Å². The summed E-state index contributed by atoms with van der Waals surface area (Å²) in [6.07, 6.45) is 1.27. The Morgan fingerprint density at radius 1 is 1.18 bits per heavy atom. The van der Waals surface area contributed by atoms with Crippen LogP contribution in [0.3, 0.4) is 0 Å². The third-order valence-electron chi connectivity index (χ3n) is 3.53. The van der Waals surface area contributed by atoms with Crippen molar-refractivity contribution in [1.29, 1.82) is 0 Å². The van der Waals surface area contributed by atoms with Gasteiger partial charge in [-0.1, -0.05) is 37.3 Å². The summed E-state index contributed by atoms with van der Waals surface area (Å²) in [4.78, 5) is 22.7. The van der Waals surface area contributed by atoms with Crippen molar-refractivity contribution in [3.8, 4) is 0 Å². The third-order valence-corrected chi connectivity index (χ3v) is 3.53. The molecule has 22 heavy (non-hydrogen) atoms. The second kappa shape index (κ2) is 7.45. The quantitative estimate of drug-likeness (QED) is 0.823. The minimum absolute atomic E-state index is 0.0796. The molecular weight excluding hydrogens is 282 g/mol. The van der Waals surface area contributed by atoms with E-state index in [4.69, 9.17) is 9.52 Å². The number of carboxylic acids is 1. The SMILES string of the molecule is CCC(CC(=O)NCc1ccc(C(=O)O)o1)c1ccccc1. The number of rotatable bonds is 7. The van der Waals surface area contributed by atoms with Crippen LogP contribution in [-0.4, -0.2) is 17.0 Å². The lowest BCUT2D eigenvalue weighted by Gasteiger charge is -2.14. The van der Waals surface area contributed by atoms with Crippen molar-refractivity contribution in [1.82, 2.24) is 5.32 Å². The van der Waals surface area contributed by atoms with Gasteiger partial charge in [0.15, 0.2) is 0 Å². The zero-order valence-corrected chi connectivity index (χ0v) is 12.4. The smallest absolute Gasteiger partial charge is 0.371 e. The van der Waals surface area contributed by atoms with Gasteiger partial charge in [0.25, 0.3) is 0 Å². The van der Waals surface area contributed by atoms with E-state index in [2.05, 4.69) is 12.2 Å². The molecule has 0 aliphatic carbocycles. The Morgan fingerprint density at radius 2 is 1.91 bits per heavy atom. The van der Waals surface area contributed by atoms with E-state index in [1.807, 2.05) is 30.3 Å². The first-order valence-electron chi connectivity index (χ1n) is 7.23. The maximum atomic E-state index is 12.0. The lowest BCUT2D eigenvalue weighted by molar-refractivity contribution is -0.121. The summed E-state index contributed by atoms with van der Waals surface area (Å²) in [5.41, 5.74) is 1.14. The number of hydrogen-bond donors (Lipinski definition) is 2. The van der Waals surface area contributed by atoms with Gasteiger partial charge >= 0.3 is 5.97 Å². The highest BCUT2D eigenvalue weighted by Gasteiger charge is 2.15. The van der Waals surface area contributed by atoms with Crippen molar-refractivity contribution in [2.24, 2.45) is 0 Å². The minimum Gasteiger partial charge on any atom is -0.475 e. The summed E-state index contributed by atoms with van der Waals surface area (Å²) in [5.74, 6) is -0.720. The molecule has 1 amide bonds. The number of aromatic carboxylic acids is 1. The van der Waals surface area contributed by atoms with E-state index in [-0.39, 0.29) is 24.1 Å². The van der Waals surface area contributed by atoms with Gasteiger partial charge in [-0.2, -0.15) is 0 Å². The molecule has 0 saturated heterocycles. The van der Waals surface area contributed by atoms with Gasteiger partial charge in [0, 0.05) is 6.42 Å². The molecule has 116 valence electrons. The van der Waals surface area contributed by atoms with Crippen LogP contribution in [-0.2, 0) is 11.3 Å². The average Bonchev–Trinajstić information content (AvgIpc) is 3.01.